The molecular formula is C32H31F13N4O6. The highest BCUT2D eigenvalue weighted by Gasteiger charge is 2.46. The van der Waals surface area contributed by atoms with Crippen molar-refractivity contribution in [3.05, 3.63) is 60.0 Å². The van der Waals surface area contributed by atoms with Crippen molar-refractivity contribution in [2.45, 2.75) is 75.0 Å². The van der Waals surface area contributed by atoms with Crippen LogP contribution in [-0.2, 0) is 15.8 Å². The summed E-state index contributed by atoms with van der Waals surface area (Å²) < 4.78 is 164. The maximum Gasteiger partial charge on any atom is 0.573 e. The van der Waals surface area contributed by atoms with Crippen molar-refractivity contribution in [2.75, 3.05) is 23.3 Å². The normalized spacial score (nSPS) is 20.7. The predicted molar refractivity (Wildman–Crippen MR) is 165 cm³/mol. The number of ether oxygens (including phenoxy) is 1. The summed E-state index contributed by atoms with van der Waals surface area (Å²) in [5.41, 5.74) is 5.98. The summed E-state index contributed by atoms with van der Waals surface area (Å²) in [5, 5.41) is 17.6. The number of oxazole rings is 1. The maximum absolute atomic E-state index is 14.3. The number of nitrogens with two attached hydrogens (primary N) is 1. The van der Waals surface area contributed by atoms with Gasteiger partial charge in [-0.05, 0) is 74.1 Å². The number of halogens is 13. The van der Waals surface area contributed by atoms with Gasteiger partial charge >= 0.3 is 36.8 Å². The van der Waals surface area contributed by atoms with Gasteiger partial charge in [-0.3, -0.25) is 0 Å². The number of piperidine rings is 1. The molecule has 0 spiro atoms. The fourth-order valence-electron chi connectivity index (χ4n) is 5.94. The van der Waals surface area contributed by atoms with Crippen LogP contribution in [0.15, 0.2) is 53.1 Å². The number of hydrogen-bond donors (Lipinski definition) is 4. The minimum atomic E-state index is -5.08. The number of rotatable bonds is 6. The number of carboxylic acid groups (broad SMARTS) is 2. The molecule has 3 atom stereocenters. The van der Waals surface area contributed by atoms with Crippen LogP contribution in [0.4, 0.5) is 68.8 Å². The standard InChI is InChI=1S/C28H29F7N4O2.2C2HF3O2/c29-22-14-19(8-11-21(22)27(30,31)32)39-13-3-4-18(16-39)26(36)12-2-1-5-24(26)38-25-37-15-23(40-25)17-6-9-20(10-7-17)41-28(33,34)35;2*3-2(4,5)1(6)7/h6-11,14-15,18,24H,1-5,12-13,16,36H2,(H,37,38);2*(H,6,7)/t18-,24?,26?;;/m0../s1. The third kappa shape index (κ3) is 12.8. The summed E-state index contributed by atoms with van der Waals surface area (Å²) >= 11 is 0. The number of nitrogens with zero attached hydrogens (tertiary/aromatic N) is 2. The van der Waals surface area contributed by atoms with Crippen LogP contribution in [0.25, 0.3) is 11.3 Å². The van der Waals surface area contributed by atoms with E-state index >= 15 is 0 Å². The summed E-state index contributed by atoms with van der Waals surface area (Å²) in [4.78, 5) is 24.0. The minimum absolute atomic E-state index is 0.0324. The number of carboxylic acids is 2. The molecule has 1 aliphatic heterocycles. The molecule has 3 aromatic rings. The third-order valence-corrected chi connectivity index (χ3v) is 8.47. The molecule has 55 heavy (non-hydrogen) atoms. The van der Waals surface area contributed by atoms with Crippen molar-refractivity contribution in [3.63, 3.8) is 0 Å². The van der Waals surface area contributed by atoms with Crippen molar-refractivity contribution >= 4 is 23.6 Å². The average Bonchev–Trinajstić information content (AvgIpc) is 3.53. The first-order chi connectivity index (χ1) is 25.2. The zero-order valence-electron chi connectivity index (χ0n) is 27.8. The van der Waals surface area contributed by atoms with Gasteiger partial charge in [0.1, 0.15) is 11.6 Å². The van der Waals surface area contributed by atoms with Crippen molar-refractivity contribution < 1.29 is 86.0 Å². The van der Waals surface area contributed by atoms with E-state index in [9.17, 15) is 57.1 Å². The quantitative estimate of drug-likeness (QED) is 0.178. The van der Waals surface area contributed by atoms with Gasteiger partial charge in [-0.2, -0.15) is 39.5 Å². The lowest BCUT2D eigenvalue weighted by Gasteiger charge is -2.50. The van der Waals surface area contributed by atoms with Crippen LogP contribution in [-0.4, -0.2) is 70.5 Å². The zero-order chi connectivity index (χ0) is 41.6. The van der Waals surface area contributed by atoms with E-state index in [0.717, 1.165) is 44.2 Å². The fourth-order valence-corrected chi connectivity index (χ4v) is 5.94. The molecule has 2 aromatic carbocycles. The SMILES string of the molecule is NC1([C@H]2CCCN(c3ccc(C(F)(F)F)c(F)c3)C2)CCCCC1Nc1ncc(-c2ccc(OC(F)(F)F)cc2)o1.O=C(O)C(F)(F)F.O=C(O)C(F)(F)F. The second kappa shape index (κ2) is 17.2. The Hall–Kier alpha value is -4.96. The molecule has 23 heteroatoms. The molecule has 2 heterocycles. The highest BCUT2D eigenvalue weighted by molar-refractivity contribution is 5.73. The first-order valence-electron chi connectivity index (χ1n) is 15.8. The minimum Gasteiger partial charge on any atom is -0.475 e. The number of aliphatic carboxylic acids is 2. The second-order valence-electron chi connectivity index (χ2n) is 12.2. The summed E-state index contributed by atoms with van der Waals surface area (Å²) in [6.07, 6.45) is -13.4. The number of nitrogens with one attached hydrogen (secondary N) is 1. The van der Waals surface area contributed by atoms with Gasteiger partial charge in [0.05, 0.1) is 11.8 Å². The first-order valence-corrected chi connectivity index (χ1v) is 15.8. The highest BCUT2D eigenvalue weighted by Crippen LogP contribution is 2.41. The summed E-state index contributed by atoms with van der Waals surface area (Å²) in [7, 11) is 0. The van der Waals surface area contributed by atoms with Crippen LogP contribution in [0.2, 0.25) is 0 Å². The van der Waals surface area contributed by atoms with Gasteiger partial charge < -0.3 is 35.3 Å². The fraction of sp³-hybridized carbons (Fsp3) is 0.469. The number of hydrogen-bond acceptors (Lipinski definition) is 8. The van der Waals surface area contributed by atoms with Crippen molar-refractivity contribution in [1.82, 2.24) is 4.98 Å². The lowest BCUT2D eigenvalue weighted by Crippen LogP contribution is -2.63. The van der Waals surface area contributed by atoms with Gasteiger partial charge in [0.25, 0.3) is 6.01 Å². The Balaban J connectivity index is 0.000000494. The lowest BCUT2D eigenvalue weighted by atomic mass is 9.67. The predicted octanol–water partition coefficient (Wildman–Crippen LogP) is 8.63. The Bertz CT molecular complexity index is 1720. The molecule has 2 fully saturated rings. The summed E-state index contributed by atoms with van der Waals surface area (Å²) in [5.74, 6) is -6.86. The van der Waals surface area contributed by atoms with E-state index < -0.39 is 53.7 Å². The molecule has 0 amide bonds. The Labute approximate surface area is 302 Å². The highest BCUT2D eigenvalue weighted by atomic mass is 19.4. The molecule has 0 bridgehead atoms. The van der Waals surface area contributed by atoms with Gasteiger partial charge in [-0.1, -0.05) is 12.8 Å². The maximum atomic E-state index is 14.3. The second-order valence-corrected chi connectivity index (χ2v) is 12.2. The van der Waals surface area contributed by atoms with E-state index in [1.54, 1.807) is 0 Å². The Kier molecular flexibility index (Phi) is 13.9. The number of carbonyl (C=O) groups is 2. The van der Waals surface area contributed by atoms with Crippen molar-refractivity contribution in [3.8, 4) is 17.1 Å². The van der Waals surface area contributed by atoms with Crippen molar-refractivity contribution in [1.29, 1.82) is 0 Å². The first kappa shape index (κ1) is 44.4. The van der Waals surface area contributed by atoms with Crippen LogP contribution in [0, 0.1) is 11.7 Å². The van der Waals surface area contributed by atoms with Gasteiger partial charge in [-0.15, -0.1) is 13.2 Å². The molecule has 5 N–H and O–H groups in total. The van der Waals surface area contributed by atoms with E-state index in [-0.39, 0.29) is 23.7 Å². The Morgan fingerprint density at radius 3 is 1.96 bits per heavy atom. The van der Waals surface area contributed by atoms with E-state index in [4.69, 9.17) is 30.0 Å². The zero-order valence-corrected chi connectivity index (χ0v) is 27.8. The lowest BCUT2D eigenvalue weighted by molar-refractivity contribution is -0.274. The molecule has 5 rings (SSSR count). The molecular weight excluding hydrogens is 783 g/mol. The van der Waals surface area contributed by atoms with Gasteiger partial charge in [0, 0.05) is 35.9 Å². The number of anilines is 2. The molecule has 2 aliphatic rings. The Morgan fingerprint density at radius 2 is 1.45 bits per heavy atom. The largest absolute Gasteiger partial charge is 0.573 e. The molecule has 1 saturated heterocycles. The van der Waals surface area contributed by atoms with E-state index in [0.29, 0.717) is 36.5 Å². The third-order valence-electron chi connectivity index (χ3n) is 8.47. The van der Waals surface area contributed by atoms with Crippen LogP contribution in [0.1, 0.15) is 44.1 Å². The number of alkyl halides is 12. The molecule has 10 nitrogen and oxygen atoms in total. The Morgan fingerprint density at radius 1 is 0.873 bits per heavy atom. The number of benzene rings is 2. The monoisotopic (exact) mass is 814 g/mol. The summed E-state index contributed by atoms with van der Waals surface area (Å²) in [6.45, 7) is 1.04. The van der Waals surface area contributed by atoms with Crippen LogP contribution >= 0.6 is 0 Å². The van der Waals surface area contributed by atoms with Crippen LogP contribution in [0.5, 0.6) is 5.75 Å². The molecule has 1 aliphatic carbocycles. The molecule has 0 radical (unpaired) electrons. The molecule has 1 aromatic heterocycles. The molecule has 2 unspecified atom stereocenters. The molecule has 306 valence electrons. The van der Waals surface area contributed by atoms with E-state index in [1.807, 2.05) is 4.90 Å². The van der Waals surface area contributed by atoms with E-state index in [2.05, 4.69) is 15.0 Å². The smallest absolute Gasteiger partial charge is 0.475 e. The van der Waals surface area contributed by atoms with Crippen LogP contribution in [0.3, 0.4) is 0 Å². The van der Waals surface area contributed by atoms with Crippen LogP contribution < -0.4 is 20.7 Å². The van der Waals surface area contributed by atoms with Crippen molar-refractivity contribution in [2.24, 2.45) is 11.7 Å². The number of aromatic nitrogens is 1. The van der Waals surface area contributed by atoms with Gasteiger partial charge in [0.2, 0.25) is 0 Å². The van der Waals surface area contributed by atoms with E-state index in [1.165, 1.54) is 36.5 Å². The van der Waals surface area contributed by atoms with Gasteiger partial charge in [0.15, 0.2) is 5.76 Å². The van der Waals surface area contributed by atoms with Gasteiger partial charge in [-0.25, -0.2) is 19.0 Å². The molecule has 1 saturated carbocycles. The topological polar surface area (TPSA) is 151 Å². The average molecular weight is 815 g/mol. The summed E-state index contributed by atoms with van der Waals surface area (Å²) in [6, 6.07) is 8.22.